The summed E-state index contributed by atoms with van der Waals surface area (Å²) in [5, 5.41) is 2.88. The highest BCUT2D eigenvalue weighted by Gasteiger charge is 2.25. The lowest BCUT2D eigenvalue weighted by molar-refractivity contribution is -0.121. The molecule has 7 nitrogen and oxygen atoms in total. The van der Waals surface area contributed by atoms with E-state index in [0.29, 0.717) is 13.2 Å². The fraction of sp³-hybridized carbons (Fsp3) is 0.923. The molecule has 4 N–H and O–H groups in total. The summed E-state index contributed by atoms with van der Waals surface area (Å²) in [6, 6.07) is 0.0594. The summed E-state index contributed by atoms with van der Waals surface area (Å²) in [5.74, 6) is -0.152. The van der Waals surface area contributed by atoms with Gasteiger partial charge in [0.1, 0.15) is 0 Å². The Balaban J connectivity index is 2.32. The number of carbonyl (C=O) groups excluding carboxylic acids is 1. The van der Waals surface area contributed by atoms with Crippen LogP contribution in [0, 0.1) is 5.92 Å². The maximum absolute atomic E-state index is 11.8. The third-order valence-electron chi connectivity index (χ3n) is 3.71. The second-order valence-corrected chi connectivity index (χ2v) is 7.22. The average Bonchev–Trinajstić information content (AvgIpc) is 2.46. The number of hydrogen-bond acceptors (Lipinski definition) is 5. The van der Waals surface area contributed by atoms with E-state index in [1.54, 1.807) is 6.92 Å². The Labute approximate surface area is 127 Å². The molecule has 1 amide bonds. The molecule has 21 heavy (non-hydrogen) atoms. The van der Waals surface area contributed by atoms with Crippen molar-refractivity contribution in [2.24, 2.45) is 11.7 Å². The molecule has 2 unspecified atom stereocenters. The first-order valence-corrected chi connectivity index (χ1v) is 9.18. The molecule has 0 bridgehead atoms. The van der Waals surface area contributed by atoms with Crippen LogP contribution < -0.4 is 15.8 Å². The molecule has 1 saturated carbocycles. The Bertz CT molecular complexity index is 414. The van der Waals surface area contributed by atoms with Gasteiger partial charge in [-0.2, -0.15) is 0 Å². The van der Waals surface area contributed by atoms with Gasteiger partial charge in [0.15, 0.2) is 0 Å². The Kier molecular flexibility index (Phi) is 8.16. The molecule has 0 aromatic carbocycles. The molecule has 0 saturated heterocycles. The Hall–Kier alpha value is -0.700. The number of ether oxygens (including phenoxy) is 1. The van der Waals surface area contributed by atoms with E-state index in [-0.39, 0.29) is 36.8 Å². The van der Waals surface area contributed by atoms with E-state index < -0.39 is 10.0 Å². The normalized spacial score (nSPS) is 23.0. The minimum atomic E-state index is -3.47. The summed E-state index contributed by atoms with van der Waals surface area (Å²) in [4.78, 5) is 11.8. The van der Waals surface area contributed by atoms with Gasteiger partial charge in [0, 0.05) is 12.6 Å². The SMILES string of the molecule is CCOCCS(=O)(=O)NCC(=O)NC1CCCCC1CN. The number of amides is 1. The predicted octanol–water partition coefficient (Wildman–Crippen LogP) is -0.424. The largest absolute Gasteiger partial charge is 0.381 e. The Morgan fingerprint density at radius 3 is 2.71 bits per heavy atom. The van der Waals surface area contributed by atoms with Crippen LogP contribution in [0.3, 0.4) is 0 Å². The Morgan fingerprint density at radius 1 is 1.33 bits per heavy atom. The number of rotatable bonds is 9. The first-order chi connectivity index (χ1) is 9.98. The van der Waals surface area contributed by atoms with Crippen LogP contribution in [-0.2, 0) is 19.6 Å². The molecule has 0 spiro atoms. The van der Waals surface area contributed by atoms with Crippen LogP contribution >= 0.6 is 0 Å². The van der Waals surface area contributed by atoms with Crippen molar-refractivity contribution < 1.29 is 17.9 Å². The van der Waals surface area contributed by atoms with E-state index in [2.05, 4.69) is 10.0 Å². The molecule has 0 heterocycles. The smallest absolute Gasteiger partial charge is 0.235 e. The second kappa shape index (κ2) is 9.34. The van der Waals surface area contributed by atoms with Crippen LogP contribution in [0.4, 0.5) is 0 Å². The summed E-state index contributed by atoms with van der Waals surface area (Å²) >= 11 is 0. The summed E-state index contributed by atoms with van der Waals surface area (Å²) in [7, 11) is -3.47. The highest BCUT2D eigenvalue weighted by molar-refractivity contribution is 7.89. The lowest BCUT2D eigenvalue weighted by atomic mass is 9.84. The van der Waals surface area contributed by atoms with Crippen LogP contribution in [0.5, 0.6) is 0 Å². The quantitative estimate of drug-likeness (QED) is 0.499. The van der Waals surface area contributed by atoms with Gasteiger partial charge in [0.05, 0.1) is 18.9 Å². The molecular formula is C13H27N3O4S. The third kappa shape index (κ3) is 7.21. The van der Waals surface area contributed by atoms with E-state index in [0.717, 1.165) is 25.7 Å². The highest BCUT2D eigenvalue weighted by atomic mass is 32.2. The van der Waals surface area contributed by atoms with Gasteiger partial charge < -0.3 is 15.8 Å². The molecule has 124 valence electrons. The van der Waals surface area contributed by atoms with Gasteiger partial charge in [0.2, 0.25) is 15.9 Å². The summed E-state index contributed by atoms with van der Waals surface area (Å²) in [5.41, 5.74) is 5.70. The average molecular weight is 321 g/mol. The monoisotopic (exact) mass is 321 g/mol. The molecule has 1 fully saturated rings. The fourth-order valence-corrected chi connectivity index (χ4v) is 3.33. The molecule has 0 aromatic heterocycles. The standard InChI is InChI=1S/C13H27N3O4S/c1-2-20-7-8-21(18,19)15-10-13(17)16-12-6-4-3-5-11(12)9-14/h11-12,15H,2-10,14H2,1H3,(H,16,17). The van der Waals surface area contributed by atoms with Crippen LogP contribution in [0.1, 0.15) is 32.6 Å². The van der Waals surface area contributed by atoms with Crippen LogP contribution in [0.15, 0.2) is 0 Å². The van der Waals surface area contributed by atoms with Gasteiger partial charge >= 0.3 is 0 Å². The summed E-state index contributed by atoms with van der Waals surface area (Å²) in [6.07, 6.45) is 4.13. The number of nitrogens with one attached hydrogen (secondary N) is 2. The van der Waals surface area contributed by atoms with Crippen LogP contribution in [0.25, 0.3) is 0 Å². The molecule has 1 aliphatic carbocycles. The van der Waals surface area contributed by atoms with Crippen molar-refractivity contribution >= 4 is 15.9 Å². The van der Waals surface area contributed by atoms with Crippen molar-refractivity contribution in [2.45, 2.75) is 38.6 Å². The lowest BCUT2D eigenvalue weighted by Crippen LogP contribution is -2.48. The van der Waals surface area contributed by atoms with Gasteiger partial charge in [0.25, 0.3) is 0 Å². The van der Waals surface area contributed by atoms with E-state index in [1.807, 2.05) is 0 Å². The zero-order valence-corrected chi connectivity index (χ0v) is 13.5. The molecule has 0 aliphatic heterocycles. The number of hydrogen-bond donors (Lipinski definition) is 3. The molecule has 1 rings (SSSR count). The number of nitrogens with two attached hydrogens (primary N) is 1. The summed E-state index contributed by atoms with van der Waals surface area (Å²) < 4.78 is 30.5. The van der Waals surface area contributed by atoms with Crippen LogP contribution in [0.2, 0.25) is 0 Å². The molecule has 0 radical (unpaired) electrons. The minimum Gasteiger partial charge on any atom is -0.381 e. The highest BCUT2D eigenvalue weighted by Crippen LogP contribution is 2.23. The maximum Gasteiger partial charge on any atom is 0.235 e. The van der Waals surface area contributed by atoms with Gasteiger partial charge in [-0.1, -0.05) is 12.8 Å². The van der Waals surface area contributed by atoms with E-state index >= 15 is 0 Å². The topological polar surface area (TPSA) is 111 Å². The number of carbonyl (C=O) groups is 1. The van der Waals surface area contributed by atoms with Gasteiger partial charge in [-0.25, -0.2) is 13.1 Å². The molecule has 1 aliphatic rings. The van der Waals surface area contributed by atoms with Crippen molar-refractivity contribution in [1.29, 1.82) is 0 Å². The Morgan fingerprint density at radius 2 is 2.05 bits per heavy atom. The zero-order valence-electron chi connectivity index (χ0n) is 12.6. The minimum absolute atomic E-state index is 0.0594. The van der Waals surface area contributed by atoms with Crippen molar-refractivity contribution in [3.8, 4) is 0 Å². The van der Waals surface area contributed by atoms with Crippen molar-refractivity contribution in [2.75, 3.05) is 32.1 Å². The van der Waals surface area contributed by atoms with Crippen molar-refractivity contribution in [3.05, 3.63) is 0 Å². The third-order valence-corrected chi connectivity index (χ3v) is 5.00. The lowest BCUT2D eigenvalue weighted by Gasteiger charge is -2.31. The van der Waals surface area contributed by atoms with Gasteiger partial charge in [-0.15, -0.1) is 0 Å². The predicted molar refractivity (Wildman–Crippen MR) is 81.2 cm³/mol. The van der Waals surface area contributed by atoms with Crippen LogP contribution in [-0.4, -0.2) is 52.4 Å². The van der Waals surface area contributed by atoms with Crippen molar-refractivity contribution in [3.63, 3.8) is 0 Å². The maximum atomic E-state index is 11.8. The first kappa shape index (κ1) is 18.3. The van der Waals surface area contributed by atoms with E-state index in [4.69, 9.17) is 10.5 Å². The summed E-state index contributed by atoms with van der Waals surface area (Å²) in [6.45, 7) is 2.71. The molecular weight excluding hydrogens is 294 g/mol. The second-order valence-electron chi connectivity index (χ2n) is 5.29. The molecule has 8 heteroatoms. The van der Waals surface area contributed by atoms with Gasteiger partial charge in [-0.05, 0) is 32.2 Å². The van der Waals surface area contributed by atoms with E-state index in [1.165, 1.54) is 0 Å². The van der Waals surface area contributed by atoms with E-state index in [9.17, 15) is 13.2 Å². The van der Waals surface area contributed by atoms with Gasteiger partial charge in [-0.3, -0.25) is 4.79 Å². The molecule has 0 aromatic rings. The first-order valence-electron chi connectivity index (χ1n) is 7.53. The number of sulfonamides is 1. The molecule has 2 atom stereocenters. The van der Waals surface area contributed by atoms with Crippen molar-refractivity contribution in [1.82, 2.24) is 10.0 Å². The fourth-order valence-electron chi connectivity index (χ4n) is 2.50. The zero-order chi connectivity index (χ0) is 15.7.